The Hall–Kier alpha value is -1.55. The van der Waals surface area contributed by atoms with Gasteiger partial charge in [-0.05, 0) is 31.0 Å². The van der Waals surface area contributed by atoms with E-state index in [0.29, 0.717) is 30.0 Å². The molecule has 0 aromatic heterocycles. The molecule has 1 fully saturated rings. The third-order valence-corrected chi connectivity index (χ3v) is 3.44. The lowest BCUT2D eigenvalue weighted by atomic mass is 10.1. The minimum atomic E-state index is -0.155. The molecule has 0 bridgehead atoms. The van der Waals surface area contributed by atoms with Gasteiger partial charge < -0.3 is 10.6 Å². The third-order valence-electron chi connectivity index (χ3n) is 3.03. The molecule has 5 heteroatoms. The number of rotatable bonds is 2. The maximum atomic E-state index is 12.0. The lowest BCUT2D eigenvalue weighted by molar-refractivity contribution is -0.122. The van der Waals surface area contributed by atoms with E-state index in [4.69, 9.17) is 11.6 Å². The number of hydrogen-bond acceptors (Lipinski definition) is 2. The zero-order valence-electron chi connectivity index (χ0n) is 10.1. The molecule has 1 aliphatic heterocycles. The number of benzene rings is 1. The zero-order valence-corrected chi connectivity index (χ0v) is 10.9. The predicted molar refractivity (Wildman–Crippen MR) is 69.7 cm³/mol. The lowest BCUT2D eigenvalue weighted by Crippen LogP contribution is -2.47. The summed E-state index contributed by atoms with van der Waals surface area (Å²) in [5.41, 5.74) is 1.49. The van der Waals surface area contributed by atoms with E-state index in [1.54, 1.807) is 12.1 Å². The Bertz CT molecular complexity index is 478. The van der Waals surface area contributed by atoms with Crippen molar-refractivity contribution in [1.82, 2.24) is 10.6 Å². The molecule has 1 aromatic rings. The van der Waals surface area contributed by atoms with Crippen molar-refractivity contribution in [2.45, 2.75) is 25.8 Å². The van der Waals surface area contributed by atoms with Gasteiger partial charge in [0, 0.05) is 29.6 Å². The molecule has 1 unspecified atom stereocenters. The van der Waals surface area contributed by atoms with E-state index in [2.05, 4.69) is 10.6 Å². The van der Waals surface area contributed by atoms with Crippen LogP contribution >= 0.6 is 11.6 Å². The summed E-state index contributed by atoms with van der Waals surface area (Å²) >= 11 is 5.98. The summed E-state index contributed by atoms with van der Waals surface area (Å²) in [6, 6.07) is 5.22. The molecule has 1 aromatic carbocycles. The molecular formula is C13H15ClN2O2. The fourth-order valence-electron chi connectivity index (χ4n) is 1.86. The number of carbonyl (C=O) groups excluding carboxylic acids is 2. The summed E-state index contributed by atoms with van der Waals surface area (Å²) in [7, 11) is 0. The maximum absolute atomic E-state index is 12.0. The Balaban J connectivity index is 1.99. The van der Waals surface area contributed by atoms with Gasteiger partial charge in [0.05, 0.1) is 0 Å². The molecule has 0 saturated carbocycles. The van der Waals surface area contributed by atoms with E-state index < -0.39 is 0 Å². The average molecular weight is 267 g/mol. The second-order valence-electron chi connectivity index (χ2n) is 4.48. The van der Waals surface area contributed by atoms with Gasteiger partial charge in [-0.25, -0.2) is 0 Å². The van der Waals surface area contributed by atoms with E-state index in [1.807, 2.05) is 13.0 Å². The van der Waals surface area contributed by atoms with Crippen molar-refractivity contribution < 1.29 is 9.59 Å². The minimum absolute atomic E-state index is 0.00437. The van der Waals surface area contributed by atoms with Crippen molar-refractivity contribution in [3.63, 3.8) is 0 Å². The largest absolute Gasteiger partial charge is 0.354 e. The van der Waals surface area contributed by atoms with Crippen molar-refractivity contribution in [2.24, 2.45) is 0 Å². The Morgan fingerprint density at radius 2 is 2.28 bits per heavy atom. The van der Waals surface area contributed by atoms with Crippen molar-refractivity contribution in [1.29, 1.82) is 0 Å². The first-order valence-corrected chi connectivity index (χ1v) is 6.28. The van der Waals surface area contributed by atoms with Crippen LogP contribution in [0.3, 0.4) is 0 Å². The molecule has 4 nitrogen and oxygen atoms in total. The Morgan fingerprint density at radius 3 is 2.89 bits per heavy atom. The molecule has 1 atom stereocenters. The molecule has 0 aliphatic carbocycles. The predicted octanol–water partition coefficient (Wildman–Crippen LogP) is 1.66. The van der Waals surface area contributed by atoms with Gasteiger partial charge in [0.2, 0.25) is 5.91 Å². The highest BCUT2D eigenvalue weighted by molar-refractivity contribution is 6.31. The van der Waals surface area contributed by atoms with Crippen LogP contribution in [0.4, 0.5) is 0 Å². The summed E-state index contributed by atoms with van der Waals surface area (Å²) < 4.78 is 0. The Kier molecular flexibility index (Phi) is 3.87. The molecule has 1 aliphatic rings. The number of piperidine rings is 1. The maximum Gasteiger partial charge on any atom is 0.251 e. The molecule has 2 amide bonds. The smallest absolute Gasteiger partial charge is 0.251 e. The molecule has 96 valence electrons. The van der Waals surface area contributed by atoms with Crippen LogP contribution in [0.15, 0.2) is 18.2 Å². The van der Waals surface area contributed by atoms with Gasteiger partial charge in [-0.15, -0.1) is 0 Å². The van der Waals surface area contributed by atoms with Gasteiger partial charge in [0.1, 0.15) is 0 Å². The third kappa shape index (κ3) is 3.01. The Labute approximate surface area is 111 Å². The highest BCUT2D eigenvalue weighted by Crippen LogP contribution is 2.17. The van der Waals surface area contributed by atoms with Crippen molar-refractivity contribution in [3.05, 3.63) is 34.3 Å². The number of aryl methyl sites for hydroxylation is 1. The fourth-order valence-corrected chi connectivity index (χ4v) is 2.04. The molecule has 18 heavy (non-hydrogen) atoms. The van der Waals surface area contributed by atoms with Gasteiger partial charge in [-0.2, -0.15) is 0 Å². The fraction of sp³-hybridized carbons (Fsp3) is 0.385. The molecule has 0 radical (unpaired) electrons. The topological polar surface area (TPSA) is 58.2 Å². The summed E-state index contributed by atoms with van der Waals surface area (Å²) in [5.74, 6) is -0.114. The second kappa shape index (κ2) is 5.40. The van der Waals surface area contributed by atoms with Crippen LogP contribution in [-0.4, -0.2) is 24.4 Å². The minimum Gasteiger partial charge on any atom is -0.354 e. The number of hydrogen-bond donors (Lipinski definition) is 2. The van der Waals surface area contributed by atoms with Crippen molar-refractivity contribution >= 4 is 23.4 Å². The number of amides is 2. The number of carbonyl (C=O) groups is 2. The van der Waals surface area contributed by atoms with Crippen LogP contribution in [0.1, 0.15) is 28.8 Å². The quantitative estimate of drug-likeness (QED) is 0.855. The van der Waals surface area contributed by atoms with Gasteiger partial charge in [-0.3, -0.25) is 9.59 Å². The monoisotopic (exact) mass is 266 g/mol. The van der Waals surface area contributed by atoms with E-state index >= 15 is 0 Å². The normalized spacial score (nSPS) is 19.2. The van der Waals surface area contributed by atoms with Crippen LogP contribution in [0.2, 0.25) is 5.02 Å². The van der Waals surface area contributed by atoms with Gasteiger partial charge in [0.15, 0.2) is 0 Å². The molecule has 1 saturated heterocycles. The first kappa shape index (κ1) is 12.9. The highest BCUT2D eigenvalue weighted by Gasteiger charge is 2.20. The van der Waals surface area contributed by atoms with Crippen molar-refractivity contribution in [2.75, 3.05) is 6.54 Å². The standard InChI is InChI=1S/C13H15ClN2O2/c1-8-2-3-9(6-11(8)14)13(18)16-10-4-5-12(17)15-7-10/h2-3,6,10H,4-5,7H2,1H3,(H,15,17)(H,16,18). The van der Waals surface area contributed by atoms with E-state index in [-0.39, 0.29) is 17.9 Å². The van der Waals surface area contributed by atoms with Crippen molar-refractivity contribution in [3.8, 4) is 0 Å². The number of halogens is 1. The average Bonchev–Trinajstić information content (AvgIpc) is 2.35. The SMILES string of the molecule is Cc1ccc(C(=O)NC2CCC(=O)NC2)cc1Cl. The first-order chi connectivity index (χ1) is 8.56. The lowest BCUT2D eigenvalue weighted by Gasteiger charge is -2.23. The first-order valence-electron chi connectivity index (χ1n) is 5.90. The molecule has 2 rings (SSSR count). The molecule has 0 spiro atoms. The van der Waals surface area contributed by atoms with Crippen LogP contribution in [0, 0.1) is 6.92 Å². The number of nitrogens with one attached hydrogen (secondary N) is 2. The van der Waals surface area contributed by atoms with Crippen LogP contribution in [0.5, 0.6) is 0 Å². The summed E-state index contributed by atoms with van der Waals surface area (Å²) in [5, 5.41) is 6.20. The van der Waals surface area contributed by atoms with Gasteiger partial charge >= 0.3 is 0 Å². The molecular weight excluding hydrogens is 252 g/mol. The van der Waals surface area contributed by atoms with E-state index in [0.717, 1.165) is 5.56 Å². The molecule has 1 heterocycles. The van der Waals surface area contributed by atoms with E-state index in [1.165, 1.54) is 0 Å². The van der Waals surface area contributed by atoms with Crippen LogP contribution in [0.25, 0.3) is 0 Å². The zero-order chi connectivity index (χ0) is 13.1. The van der Waals surface area contributed by atoms with Gasteiger partial charge in [0.25, 0.3) is 5.91 Å². The van der Waals surface area contributed by atoms with Crippen LogP contribution < -0.4 is 10.6 Å². The highest BCUT2D eigenvalue weighted by atomic mass is 35.5. The van der Waals surface area contributed by atoms with Gasteiger partial charge in [-0.1, -0.05) is 17.7 Å². The molecule has 2 N–H and O–H groups in total. The van der Waals surface area contributed by atoms with E-state index in [9.17, 15) is 9.59 Å². The summed E-state index contributed by atoms with van der Waals surface area (Å²) in [6.45, 7) is 2.38. The summed E-state index contributed by atoms with van der Waals surface area (Å²) in [6.07, 6.45) is 1.14. The Morgan fingerprint density at radius 1 is 1.50 bits per heavy atom. The second-order valence-corrected chi connectivity index (χ2v) is 4.88. The summed E-state index contributed by atoms with van der Waals surface area (Å²) in [4.78, 5) is 23.0. The van der Waals surface area contributed by atoms with Crippen LogP contribution in [-0.2, 0) is 4.79 Å².